The molecule has 0 aliphatic carbocycles. The van der Waals surface area contributed by atoms with Crippen LogP contribution < -0.4 is 0 Å². The van der Waals surface area contributed by atoms with Gasteiger partial charge in [-0.1, -0.05) is 40.0 Å². The van der Waals surface area contributed by atoms with Crippen molar-refractivity contribution in [2.45, 2.75) is 72.8 Å². The maximum Gasteiger partial charge on any atom is 0.410 e. The molecular formula is C16H31NO2. The van der Waals surface area contributed by atoms with Gasteiger partial charge >= 0.3 is 6.09 Å². The molecule has 1 fully saturated rings. The summed E-state index contributed by atoms with van der Waals surface area (Å²) in [6.07, 6.45) is 4.63. The Morgan fingerprint density at radius 2 is 2.00 bits per heavy atom. The van der Waals surface area contributed by atoms with Crippen molar-refractivity contribution in [1.29, 1.82) is 0 Å². The van der Waals surface area contributed by atoms with Gasteiger partial charge in [-0.05, 0) is 38.5 Å². The van der Waals surface area contributed by atoms with Gasteiger partial charge in [-0.2, -0.15) is 0 Å². The second-order valence-electron chi connectivity index (χ2n) is 7.20. The van der Waals surface area contributed by atoms with Crippen LogP contribution in [0.4, 0.5) is 4.79 Å². The maximum atomic E-state index is 12.1. The second kappa shape index (κ2) is 6.15. The highest BCUT2D eigenvalue weighted by molar-refractivity contribution is 5.68. The molecule has 19 heavy (non-hydrogen) atoms. The van der Waals surface area contributed by atoms with Gasteiger partial charge in [0.25, 0.3) is 0 Å². The summed E-state index contributed by atoms with van der Waals surface area (Å²) in [5.74, 6) is 0.713. The van der Waals surface area contributed by atoms with E-state index in [-0.39, 0.29) is 11.5 Å². The topological polar surface area (TPSA) is 29.5 Å². The normalized spacial score (nSPS) is 25.5. The highest BCUT2D eigenvalue weighted by Gasteiger charge is 2.41. The van der Waals surface area contributed by atoms with Crippen LogP contribution in [0.2, 0.25) is 0 Å². The lowest BCUT2D eigenvalue weighted by atomic mass is 9.73. The monoisotopic (exact) mass is 269 g/mol. The number of amides is 1. The summed E-state index contributed by atoms with van der Waals surface area (Å²) in [5, 5.41) is 0. The average molecular weight is 269 g/mol. The Morgan fingerprint density at radius 1 is 1.37 bits per heavy atom. The van der Waals surface area contributed by atoms with E-state index in [1.807, 2.05) is 25.7 Å². The van der Waals surface area contributed by atoms with Gasteiger partial charge in [0.15, 0.2) is 0 Å². The molecule has 1 aliphatic heterocycles. The van der Waals surface area contributed by atoms with E-state index in [1.165, 1.54) is 19.3 Å². The van der Waals surface area contributed by atoms with Crippen LogP contribution in [0.1, 0.15) is 67.2 Å². The Balaban J connectivity index is 2.63. The first kappa shape index (κ1) is 16.3. The standard InChI is InChI=1S/C16H31NO2/c1-7-9-13(8-2)16(6)10-11-17(12-16)14(18)19-15(3,4)5/h13H,7-12H2,1-6H3. The lowest BCUT2D eigenvalue weighted by molar-refractivity contribution is 0.0258. The highest BCUT2D eigenvalue weighted by atomic mass is 16.6. The molecule has 1 rings (SSSR count). The first-order valence-corrected chi connectivity index (χ1v) is 7.69. The highest BCUT2D eigenvalue weighted by Crippen LogP contribution is 2.41. The first-order chi connectivity index (χ1) is 8.72. The third-order valence-corrected chi connectivity index (χ3v) is 4.27. The van der Waals surface area contributed by atoms with E-state index in [9.17, 15) is 4.79 Å². The minimum atomic E-state index is -0.399. The van der Waals surface area contributed by atoms with Gasteiger partial charge < -0.3 is 9.64 Å². The van der Waals surface area contributed by atoms with Crippen molar-refractivity contribution in [1.82, 2.24) is 4.90 Å². The van der Waals surface area contributed by atoms with Crippen LogP contribution in [0.25, 0.3) is 0 Å². The summed E-state index contributed by atoms with van der Waals surface area (Å²) in [6.45, 7) is 14.3. The fraction of sp³-hybridized carbons (Fsp3) is 0.938. The molecule has 0 saturated carbocycles. The molecule has 0 radical (unpaired) electrons. The second-order valence-corrected chi connectivity index (χ2v) is 7.20. The molecule has 0 aromatic rings. The Hall–Kier alpha value is -0.730. The van der Waals surface area contributed by atoms with Crippen LogP contribution in [-0.4, -0.2) is 29.7 Å². The lowest BCUT2D eigenvalue weighted by Gasteiger charge is -2.34. The number of carbonyl (C=O) groups excluding carboxylic acids is 1. The van der Waals surface area contributed by atoms with Gasteiger partial charge in [0.2, 0.25) is 0 Å². The van der Waals surface area contributed by atoms with E-state index in [0.717, 1.165) is 19.5 Å². The van der Waals surface area contributed by atoms with Gasteiger partial charge in [0, 0.05) is 13.1 Å². The number of hydrogen-bond acceptors (Lipinski definition) is 2. The number of ether oxygens (including phenoxy) is 1. The number of rotatable bonds is 4. The Bertz CT molecular complexity index is 308. The fourth-order valence-corrected chi connectivity index (χ4v) is 3.19. The fourth-order valence-electron chi connectivity index (χ4n) is 3.19. The molecule has 2 unspecified atom stereocenters. The van der Waals surface area contributed by atoms with Crippen molar-refractivity contribution < 1.29 is 9.53 Å². The molecule has 0 N–H and O–H groups in total. The van der Waals surface area contributed by atoms with Crippen LogP contribution in [0.3, 0.4) is 0 Å². The van der Waals surface area contributed by atoms with Gasteiger partial charge in [-0.15, -0.1) is 0 Å². The average Bonchev–Trinajstić information content (AvgIpc) is 2.67. The van der Waals surface area contributed by atoms with E-state index >= 15 is 0 Å². The van der Waals surface area contributed by atoms with Crippen LogP contribution in [0, 0.1) is 11.3 Å². The Labute approximate surface area is 118 Å². The molecule has 112 valence electrons. The largest absolute Gasteiger partial charge is 0.444 e. The van der Waals surface area contributed by atoms with E-state index < -0.39 is 5.60 Å². The van der Waals surface area contributed by atoms with Gasteiger partial charge in [-0.25, -0.2) is 4.79 Å². The Morgan fingerprint density at radius 3 is 2.47 bits per heavy atom. The molecule has 1 heterocycles. The van der Waals surface area contributed by atoms with Crippen LogP contribution in [0.5, 0.6) is 0 Å². The molecular weight excluding hydrogens is 238 g/mol. The first-order valence-electron chi connectivity index (χ1n) is 7.69. The summed E-state index contributed by atoms with van der Waals surface area (Å²) in [4.78, 5) is 14.0. The third-order valence-electron chi connectivity index (χ3n) is 4.27. The predicted molar refractivity (Wildman–Crippen MR) is 79.2 cm³/mol. The summed E-state index contributed by atoms with van der Waals surface area (Å²) < 4.78 is 5.48. The summed E-state index contributed by atoms with van der Waals surface area (Å²) in [5.41, 5.74) is -0.134. The van der Waals surface area contributed by atoms with E-state index in [2.05, 4.69) is 20.8 Å². The zero-order chi connectivity index (χ0) is 14.7. The van der Waals surface area contributed by atoms with Crippen molar-refractivity contribution >= 4 is 6.09 Å². The number of hydrogen-bond donors (Lipinski definition) is 0. The zero-order valence-corrected chi connectivity index (χ0v) is 13.6. The molecule has 1 amide bonds. The summed E-state index contributed by atoms with van der Waals surface area (Å²) in [6, 6.07) is 0. The zero-order valence-electron chi connectivity index (χ0n) is 13.6. The predicted octanol–water partition coefficient (Wildman–Crippen LogP) is 4.46. The smallest absolute Gasteiger partial charge is 0.410 e. The molecule has 2 atom stereocenters. The van der Waals surface area contributed by atoms with Crippen molar-refractivity contribution in [2.24, 2.45) is 11.3 Å². The lowest BCUT2D eigenvalue weighted by Crippen LogP contribution is -2.38. The molecule has 3 nitrogen and oxygen atoms in total. The van der Waals surface area contributed by atoms with Gasteiger partial charge in [0.05, 0.1) is 0 Å². The summed E-state index contributed by atoms with van der Waals surface area (Å²) in [7, 11) is 0. The minimum absolute atomic E-state index is 0.150. The molecule has 0 bridgehead atoms. The number of nitrogens with zero attached hydrogens (tertiary/aromatic N) is 1. The third kappa shape index (κ3) is 4.39. The van der Waals surface area contributed by atoms with Crippen molar-refractivity contribution in [3.8, 4) is 0 Å². The Kier molecular flexibility index (Phi) is 5.28. The van der Waals surface area contributed by atoms with Crippen LogP contribution >= 0.6 is 0 Å². The van der Waals surface area contributed by atoms with E-state index in [0.29, 0.717) is 5.92 Å². The van der Waals surface area contributed by atoms with Crippen molar-refractivity contribution in [3.63, 3.8) is 0 Å². The molecule has 0 aromatic heterocycles. The minimum Gasteiger partial charge on any atom is -0.444 e. The van der Waals surface area contributed by atoms with Crippen LogP contribution in [-0.2, 0) is 4.74 Å². The molecule has 1 aliphatic rings. The van der Waals surface area contributed by atoms with Crippen LogP contribution in [0.15, 0.2) is 0 Å². The van der Waals surface area contributed by atoms with Gasteiger partial charge in [0.1, 0.15) is 5.60 Å². The summed E-state index contributed by atoms with van der Waals surface area (Å²) >= 11 is 0. The van der Waals surface area contributed by atoms with E-state index in [4.69, 9.17) is 4.74 Å². The maximum absolute atomic E-state index is 12.1. The van der Waals surface area contributed by atoms with Crippen molar-refractivity contribution in [2.75, 3.05) is 13.1 Å². The molecule has 1 saturated heterocycles. The van der Waals surface area contributed by atoms with E-state index in [1.54, 1.807) is 0 Å². The SMILES string of the molecule is CCCC(CC)C1(C)CCN(C(=O)OC(C)(C)C)C1. The molecule has 0 spiro atoms. The quantitative estimate of drug-likeness (QED) is 0.754. The number of carbonyl (C=O) groups is 1. The van der Waals surface area contributed by atoms with Crippen molar-refractivity contribution in [3.05, 3.63) is 0 Å². The number of likely N-dealkylation sites (tertiary alicyclic amines) is 1. The molecule has 0 aromatic carbocycles. The molecule has 3 heteroatoms. The van der Waals surface area contributed by atoms with Gasteiger partial charge in [-0.3, -0.25) is 0 Å².